The Morgan fingerprint density at radius 1 is 1.29 bits per heavy atom. The zero-order valence-corrected chi connectivity index (χ0v) is 22.5. The molecule has 1 aromatic carbocycles. The number of carbonyl (C=O) groups is 1. The Bertz CT molecular complexity index is 1780. The molecule has 41 heavy (non-hydrogen) atoms. The lowest BCUT2D eigenvalue weighted by molar-refractivity contribution is -0.159. The highest BCUT2D eigenvalue weighted by molar-refractivity contribution is 7.55. The maximum absolute atomic E-state index is 13.8. The molecule has 0 radical (unpaired) electrons. The van der Waals surface area contributed by atoms with Gasteiger partial charge in [0.2, 0.25) is 5.95 Å². The number of benzene rings is 1. The molecule has 1 fully saturated rings. The van der Waals surface area contributed by atoms with Crippen LogP contribution in [0.15, 0.2) is 41.5 Å². The second kappa shape index (κ2) is 10.1. The molecule has 214 valence electrons. The SMILES string of the molecule is CCCn1c(N2CCCC2C(=O)O)nc2nc(-c3cnn(Cc4cccc(C(F)(F)F)c4)c3)n(C3=[P+]([O-])O3)c2c1=O. The van der Waals surface area contributed by atoms with Gasteiger partial charge in [0.25, 0.3) is 13.6 Å². The molecule has 0 amide bonds. The van der Waals surface area contributed by atoms with Gasteiger partial charge in [-0.1, -0.05) is 23.6 Å². The third kappa shape index (κ3) is 4.89. The lowest BCUT2D eigenvalue weighted by Gasteiger charge is -2.25. The van der Waals surface area contributed by atoms with Crippen molar-refractivity contribution in [1.82, 2.24) is 28.9 Å². The summed E-state index contributed by atoms with van der Waals surface area (Å²) >= 11 is 0. The van der Waals surface area contributed by atoms with Crippen molar-refractivity contribution in [2.75, 3.05) is 11.4 Å². The minimum Gasteiger partial charge on any atom is -0.599 e. The summed E-state index contributed by atoms with van der Waals surface area (Å²) in [7, 11) is -2.18. The Morgan fingerprint density at radius 3 is 2.76 bits per heavy atom. The van der Waals surface area contributed by atoms with Crippen LogP contribution < -0.4 is 15.4 Å². The van der Waals surface area contributed by atoms with Gasteiger partial charge >= 0.3 is 17.7 Å². The third-order valence-electron chi connectivity index (χ3n) is 6.97. The number of fused-ring (bicyclic) bond motifs is 1. The number of carboxylic acids is 1. The molecule has 5 heterocycles. The minimum atomic E-state index is -4.48. The molecule has 16 heteroatoms. The maximum atomic E-state index is 13.8. The molecule has 4 aromatic rings. The first-order valence-electron chi connectivity index (χ1n) is 12.8. The Hall–Kier alpha value is -4.07. The second-order valence-electron chi connectivity index (χ2n) is 9.76. The van der Waals surface area contributed by atoms with Gasteiger partial charge in [0.1, 0.15) is 6.04 Å². The van der Waals surface area contributed by atoms with Crippen molar-refractivity contribution >= 4 is 36.7 Å². The van der Waals surface area contributed by atoms with E-state index in [2.05, 4.69) is 15.1 Å². The summed E-state index contributed by atoms with van der Waals surface area (Å²) in [5, 5.41) is 14.0. The highest BCUT2D eigenvalue weighted by Crippen LogP contribution is 2.38. The van der Waals surface area contributed by atoms with Crippen molar-refractivity contribution in [3.05, 3.63) is 58.1 Å². The molecule has 0 bridgehead atoms. The number of hydrogen-bond donors (Lipinski definition) is 1. The van der Waals surface area contributed by atoms with Gasteiger partial charge in [0, 0.05) is 19.3 Å². The van der Waals surface area contributed by atoms with Gasteiger partial charge in [-0.2, -0.15) is 23.3 Å². The molecule has 2 unspecified atom stereocenters. The van der Waals surface area contributed by atoms with E-state index in [1.807, 2.05) is 6.92 Å². The van der Waals surface area contributed by atoms with Crippen molar-refractivity contribution in [3.8, 4) is 11.4 Å². The van der Waals surface area contributed by atoms with Gasteiger partial charge in [0.15, 0.2) is 17.0 Å². The zero-order chi connectivity index (χ0) is 29.1. The number of rotatable bonds is 8. The summed E-state index contributed by atoms with van der Waals surface area (Å²) in [5.74, 6) is -0.665. The Labute approximate surface area is 230 Å². The van der Waals surface area contributed by atoms with E-state index in [1.54, 1.807) is 17.2 Å². The van der Waals surface area contributed by atoms with Gasteiger partial charge in [-0.15, -0.1) is 0 Å². The summed E-state index contributed by atoms with van der Waals surface area (Å²) in [5.41, 5.74) is -0.465. The molecule has 2 aliphatic rings. The first-order chi connectivity index (χ1) is 19.6. The number of halogens is 3. The van der Waals surface area contributed by atoms with Gasteiger partial charge in [-0.3, -0.25) is 14.0 Å². The van der Waals surface area contributed by atoms with Crippen LogP contribution in [-0.2, 0) is 28.6 Å². The predicted octanol–water partition coefficient (Wildman–Crippen LogP) is 2.62. The summed E-state index contributed by atoms with van der Waals surface area (Å²) in [6.45, 7) is 2.57. The van der Waals surface area contributed by atoms with Crippen LogP contribution in [0, 0.1) is 0 Å². The lowest BCUT2D eigenvalue weighted by Crippen LogP contribution is -2.40. The molecule has 1 saturated heterocycles. The minimum absolute atomic E-state index is 0.0143. The highest BCUT2D eigenvalue weighted by atomic mass is 31.1. The maximum Gasteiger partial charge on any atom is 0.416 e. The van der Waals surface area contributed by atoms with Crippen LogP contribution in [0.4, 0.5) is 19.1 Å². The number of aliphatic carboxylic acids is 1. The van der Waals surface area contributed by atoms with Crippen molar-refractivity contribution in [3.63, 3.8) is 0 Å². The van der Waals surface area contributed by atoms with Crippen LogP contribution in [0.5, 0.6) is 0 Å². The lowest BCUT2D eigenvalue weighted by atomic mass is 10.1. The van der Waals surface area contributed by atoms with E-state index < -0.39 is 37.3 Å². The van der Waals surface area contributed by atoms with Crippen LogP contribution in [0.2, 0.25) is 0 Å². The van der Waals surface area contributed by atoms with Crippen LogP contribution in [0.3, 0.4) is 0 Å². The molecule has 6 rings (SSSR count). The monoisotopic (exact) mass is 589 g/mol. The van der Waals surface area contributed by atoms with E-state index in [4.69, 9.17) is 4.52 Å². The van der Waals surface area contributed by atoms with E-state index in [1.165, 1.54) is 26.1 Å². The first kappa shape index (κ1) is 27.1. The fourth-order valence-electron chi connectivity index (χ4n) is 5.11. The molecule has 2 aliphatic heterocycles. The van der Waals surface area contributed by atoms with E-state index in [0.717, 1.165) is 12.1 Å². The van der Waals surface area contributed by atoms with Crippen LogP contribution >= 0.6 is 8.00 Å². The molecule has 3 aromatic heterocycles. The molecule has 0 spiro atoms. The first-order valence-corrected chi connectivity index (χ1v) is 14.0. The fraction of sp³-hybridized carbons (Fsp3) is 0.360. The molecule has 0 saturated carbocycles. The van der Waals surface area contributed by atoms with Gasteiger partial charge in [-0.25, -0.2) is 14.3 Å². The normalized spacial score (nSPS) is 18.1. The number of hydrogen-bond acceptors (Lipinski definition) is 8. The largest absolute Gasteiger partial charge is 0.599 e. The van der Waals surface area contributed by atoms with E-state index in [0.29, 0.717) is 36.9 Å². The predicted molar refractivity (Wildman–Crippen MR) is 140 cm³/mol. The molecule has 12 nitrogen and oxygen atoms in total. The quantitative estimate of drug-likeness (QED) is 0.307. The van der Waals surface area contributed by atoms with Gasteiger partial charge in [0.05, 0.1) is 23.9 Å². The standard InChI is InChI=1S/C25H23F3N7O5P/c1-2-8-34-21(36)18-19(31-23(34)33-9-4-7-17(33)22(37)38)30-20(35(18)24-40-41(24)39)15-11-29-32(13-15)12-14-5-3-6-16(10-14)25(26,27)28/h3,5-6,10-11,13,17H,2,4,7-9,12H2,1H3,(H,37,38). The highest BCUT2D eigenvalue weighted by Gasteiger charge is 2.41. The fourth-order valence-corrected chi connectivity index (χ4v) is 5.76. The third-order valence-corrected chi connectivity index (χ3v) is 7.74. The molecule has 2 atom stereocenters. The molecule has 1 N–H and O–H groups in total. The van der Waals surface area contributed by atoms with E-state index in [-0.39, 0.29) is 41.6 Å². The Kier molecular flexibility index (Phi) is 6.67. The van der Waals surface area contributed by atoms with Gasteiger partial charge < -0.3 is 14.9 Å². The van der Waals surface area contributed by atoms with Crippen molar-refractivity contribution in [2.45, 2.75) is 51.5 Å². The average molecular weight is 589 g/mol. The average Bonchev–Trinajstić information content (AvgIpc) is 3.32. The topological polar surface area (TPSA) is 147 Å². The van der Waals surface area contributed by atoms with E-state index in [9.17, 15) is 32.8 Å². The molecule has 0 aliphatic carbocycles. The number of alkyl halides is 3. The Balaban J connectivity index is 1.45. The summed E-state index contributed by atoms with van der Waals surface area (Å²) in [6, 6.07) is 4.06. The van der Waals surface area contributed by atoms with Crippen LogP contribution in [0.1, 0.15) is 37.3 Å². The molecular formula is C25H23F3N7O5P. The van der Waals surface area contributed by atoms with E-state index >= 15 is 0 Å². The van der Waals surface area contributed by atoms with Crippen molar-refractivity contribution in [2.24, 2.45) is 0 Å². The van der Waals surface area contributed by atoms with Crippen LogP contribution in [0.25, 0.3) is 22.6 Å². The molecular weight excluding hydrogens is 566 g/mol. The smallest absolute Gasteiger partial charge is 0.416 e. The number of carboxylic acid groups (broad SMARTS) is 1. The number of anilines is 1. The number of aromatic nitrogens is 6. The zero-order valence-electron chi connectivity index (χ0n) is 21.6. The number of nitrogens with zero attached hydrogens (tertiary/aromatic N) is 7. The van der Waals surface area contributed by atoms with Crippen LogP contribution in [-0.4, -0.2) is 58.1 Å². The van der Waals surface area contributed by atoms with Crippen molar-refractivity contribution in [1.29, 1.82) is 0 Å². The number of imidazole rings is 1. The second-order valence-corrected chi connectivity index (χ2v) is 10.8. The van der Waals surface area contributed by atoms with Gasteiger partial charge in [-0.05, 0) is 37.0 Å². The Morgan fingerprint density at radius 2 is 2.07 bits per heavy atom. The summed E-state index contributed by atoms with van der Waals surface area (Å²) < 4.78 is 48.8. The summed E-state index contributed by atoms with van der Waals surface area (Å²) in [6.07, 6.45) is 0.0786. The summed E-state index contributed by atoms with van der Waals surface area (Å²) in [4.78, 5) is 48.7. The van der Waals surface area contributed by atoms with Crippen molar-refractivity contribution < 1.29 is 32.5 Å².